The molecule has 2 heterocycles. The van der Waals surface area contributed by atoms with Crippen LogP contribution in [-0.2, 0) is 6.54 Å². The van der Waals surface area contributed by atoms with Crippen LogP contribution < -0.4 is 0 Å². The lowest BCUT2D eigenvalue weighted by molar-refractivity contribution is 0.108. The van der Waals surface area contributed by atoms with Gasteiger partial charge in [-0.2, -0.15) is 0 Å². The van der Waals surface area contributed by atoms with E-state index in [1.165, 1.54) is 63.0 Å². The summed E-state index contributed by atoms with van der Waals surface area (Å²) in [6.45, 7) is 3.74. The predicted octanol–water partition coefficient (Wildman–Crippen LogP) is 3.37. The molecule has 1 saturated heterocycles. The van der Waals surface area contributed by atoms with E-state index in [1.54, 1.807) is 11.3 Å². The molecule has 0 N–H and O–H groups in total. The van der Waals surface area contributed by atoms with E-state index in [2.05, 4.69) is 27.2 Å². The van der Waals surface area contributed by atoms with Gasteiger partial charge in [0.2, 0.25) is 0 Å². The van der Waals surface area contributed by atoms with Crippen LogP contribution in [0.25, 0.3) is 0 Å². The Morgan fingerprint density at radius 2 is 2.10 bits per heavy atom. The summed E-state index contributed by atoms with van der Waals surface area (Å²) in [6.07, 6.45) is 12.1. The van der Waals surface area contributed by atoms with Gasteiger partial charge < -0.3 is 4.90 Å². The molecule has 1 unspecified atom stereocenters. The second-order valence-corrected chi connectivity index (χ2v) is 8.38. The van der Waals surface area contributed by atoms with Gasteiger partial charge in [-0.05, 0) is 57.7 Å². The number of hydrogen-bond acceptors (Lipinski definition) is 4. The first kappa shape index (κ1) is 14.2. The lowest BCUT2D eigenvalue weighted by Gasteiger charge is -2.37. The number of piperidine rings is 1. The molecule has 3 nitrogen and oxygen atoms in total. The van der Waals surface area contributed by atoms with E-state index in [9.17, 15) is 0 Å². The molecular formula is C17H27N3S. The van der Waals surface area contributed by atoms with Crippen molar-refractivity contribution in [3.8, 4) is 0 Å². The number of hydrogen-bond donors (Lipinski definition) is 0. The van der Waals surface area contributed by atoms with Gasteiger partial charge in [-0.1, -0.05) is 12.8 Å². The zero-order chi connectivity index (χ0) is 14.3. The van der Waals surface area contributed by atoms with Gasteiger partial charge in [0.05, 0.1) is 6.54 Å². The first-order chi connectivity index (χ1) is 10.3. The van der Waals surface area contributed by atoms with Crippen molar-refractivity contribution in [3.05, 3.63) is 16.6 Å². The van der Waals surface area contributed by atoms with Crippen LogP contribution in [-0.4, -0.2) is 47.0 Å². The van der Waals surface area contributed by atoms with Crippen LogP contribution in [0.1, 0.15) is 50.0 Å². The maximum absolute atomic E-state index is 4.43. The molecule has 1 aromatic rings. The maximum Gasteiger partial charge on any atom is 0.107 e. The van der Waals surface area contributed by atoms with Crippen LogP contribution in [0.15, 0.2) is 11.6 Å². The highest BCUT2D eigenvalue weighted by atomic mass is 32.1. The fourth-order valence-corrected chi connectivity index (χ4v) is 5.42. The monoisotopic (exact) mass is 305 g/mol. The summed E-state index contributed by atoms with van der Waals surface area (Å²) in [5.41, 5.74) is 0.654. The van der Waals surface area contributed by atoms with E-state index in [0.29, 0.717) is 5.41 Å². The highest BCUT2D eigenvalue weighted by Crippen LogP contribution is 2.56. The number of nitrogens with zero attached hydrogens (tertiary/aromatic N) is 3. The molecule has 3 fully saturated rings. The summed E-state index contributed by atoms with van der Waals surface area (Å²) in [7, 11) is 2.30. The smallest absolute Gasteiger partial charge is 0.107 e. The molecule has 0 amide bonds. The van der Waals surface area contributed by atoms with Crippen LogP contribution in [0.3, 0.4) is 0 Å². The first-order valence-electron chi connectivity index (χ1n) is 8.59. The third-order valence-electron chi connectivity index (χ3n) is 6.18. The van der Waals surface area contributed by atoms with Crippen molar-refractivity contribution in [1.82, 2.24) is 14.8 Å². The summed E-state index contributed by atoms with van der Waals surface area (Å²) in [6, 6.07) is 1.74. The molecule has 1 atom stereocenters. The Hall–Kier alpha value is -0.450. The van der Waals surface area contributed by atoms with Crippen LogP contribution >= 0.6 is 11.3 Å². The quantitative estimate of drug-likeness (QED) is 0.850. The average Bonchev–Trinajstić information content (AvgIpc) is 2.95. The molecule has 1 aromatic heterocycles. The summed E-state index contributed by atoms with van der Waals surface area (Å²) < 4.78 is 0. The summed E-state index contributed by atoms with van der Waals surface area (Å²) in [5, 5.41) is 3.36. The molecular weight excluding hydrogens is 278 g/mol. The topological polar surface area (TPSA) is 19.4 Å². The minimum absolute atomic E-state index is 0.654. The first-order valence-corrected chi connectivity index (χ1v) is 9.47. The number of thiazole rings is 1. The third kappa shape index (κ3) is 2.78. The van der Waals surface area contributed by atoms with Crippen LogP contribution in [0.5, 0.6) is 0 Å². The molecule has 116 valence electrons. The molecule has 2 aliphatic carbocycles. The number of likely N-dealkylation sites (tertiary alicyclic amines) is 1. The van der Waals surface area contributed by atoms with Crippen LogP contribution in [0.2, 0.25) is 0 Å². The predicted molar refractivity (Wildman–Crippen MR) is 87.5 cm³/mol. The van der Waals surface area contributed by atoms with E-state index in [1.807, 2.05) is 6.20 Å². The Morgan fingerprint density at radius 3 is 2.76 bits per heavy atom. The number of rotatable bonds is 4. The van der Waals surface area contributed by atoms with Gasteiger partial charge >= 0.3 is 0 Å². The van der Waals surface area contributed by atoms with Crippen molar-refractivity contribution in [3.63, 3.8) is 0 Å². The zero-order valence-electron chi connectivity index (χ0n) is 13.1. The number of aromatic nitrogens is 1. The van der Waals surface area contributed by atoms with Gasteiger partial charge in [-0.3, -0.25) is 4.90 Å². The van der Waals surface area contributed by atoms with E-state index >= 15 is 0 Å². The minimum atomic E-state index is 0.654. The second-order valence-electron chi connectivity index (χ2n) is 7.40. The second kappa shape index (κ2) is 5.64. The molecule has 1 aliphatic heterocycles. The fourth-order valence-electron chi connectivity index (χ4n) is 4.75. The minimum Gasteiger partial charge on any atom is -0.300 e. The van der Waals surface area contributed by atoms with E-state index in [-0.39, 0.29) is 0 Å². The standard InChI is InChI=1S/C17H27N3S/c1-19(13-16-18-8-11-21-16)15-12-17(15)6-9-20(10-7-17)14-4-2-3-5-14/h8,11,14-15H,2-7,9-10,12-13H2,1H3. The van der Waals surface area contributed by atoms with Gasteiger partial charge in [-0.15, -0.1) is 11.3 Å². The molecule has 4 heteroatoms. The van der Waals surface area contributed by atoms with Gasteiger partial charge in [0.1, 0.15) is 5.01 Å². The molecule has 21 heavy (non-hydrogen) atoms. The fraction of sp³-hybridized carbons (Fsp3) is 0.824. The summed E-state index contributed by atoms with van der Waals surface area (Å²) in [5.74, 6) is 0. The zero-order valence-corrected chi connectivity index (χ0v) is 13.9. The molecule has 2 saturated carbocycles. The van der Waals surface area contributed by atoms with Crippen molar-refractivity contribution in [2.45, 2.75) is 63.6 Å². The maximum atomic E-state index is 4.43. The van der Waals surface area contributed by atoms with Gasteiger partial charge in [0, 0.05) is 23.7 Å². The highest BCUT2D eigenvalue weighted by Gasteiger charge is 2.56. The van der Waals surface area contributed by atoms with Gasteiger partial charge in [-0.25, -0.2) is 4.98 Å². The normalized spacial score (nSPS) is 29.5. The molecule has 3 aliphatic rings. The Kier molecular flexibility index (Phi) is 3.80. The van der Waals surface area contributed by atoms with E-state index in [4.69, 9.17) is 0 Å². The van der Waals surface area contributed by atoms with Gasteiger partial charge in [0.25, 0.3) is 0 Å². The Bertz CT molecular complexity index is 458. The molecule has 1 spiro atoms. The molecule has 0 bridgehead atoms. The Balaban J connectivity index is 1.30. The van der Waals surface area contributed by atoms with Crippen molar-refractivity contribution < 1.29 is 0 Å². The Morgan fingerprint density at radius 1 is 1.33 bits per heavy atom. The largest absolute Gasteiger partial charge is 0.300 e. The average molecular weight is 305 g/mol. The summed E-state index contributed by atoms with van der Waals surface area (Å²) >= 11 is 1.79. The lowest BCUT2D eigenvalue weighted by atomic mass is 9.91. The Labute approximate surface area is 132 Å². The van der Waals surface area contributed by atoms with E-state index in [0.717, 1.165) is 18.6 Å². The van der Waals surface area contributed by atoms with Gasteiger partial charge in [0.15, 0.2) is 0 Å². The molecule has 4 rings (SSSR count). The van der Waals surface area contributed by atoms with Crippen molar-refractivity contribution in [2.75, 3.05) is 20.1 Å². The van der Waals surface area contributed by atoms with Crippen LogP contribution in [0.4, 0.5) is 0 Å². The summed E-state index contributed by atoms with van der Waals surface area (Å²) in [4.78, 5) is 9.79. The molecule has 0 radical (unpaired) electrons. The van der Waals surface area contributed by atoms with E-state index < -0.39 is 0 Å². The van der Waals surface area contributed by atoms with Crippen molar-refractivity contribution >= 4 is 11.3 Å². The van der Waals surface area contributed by atoms with Crippen molar-refractivity contribution in [1.29, 1.82) is 0 Å². The molecule has 0 aromatic carbocycles. The highest BCUT2D eigenvalue weighted by molar-refractivity contribution is 7.09. The van der Waals surface area contributed by atoms with Crippen LogP contribution in [0, 0.1) is 5.41 Å². The van der Waals surface area contributed by atoms with Crippen molar-refractivity contribution in [2.24, 2.45) is 5.41 Å². The SMILES string of the molecule is CN(Cc1nccs1)C1CC12CCN(C1CCCC1)CC2. The lowest BCUT2D eigenvalue weighted by Crippen LogP contribution is -2.42. The third-order valence-corrected chi connectivity index (χ3v) is 6.95.